The molecule has 1 amide bonds. The molecule has 1 aliphatic heterocycles. The van der Waals surface area contributed by atoms with Crippen molar-refractivity contribution in [2.45, 2.75) is 25.8 Å². The highest BCUT2D eigenvalue weighted by molar-refractivity contribution is 7.98. The highest BCUT2D eigenvalue weighted by Gasteiger charge is 2.27. The SMILES string of the molecule is CSCCC(=O)Nc1cc2c(Nc3ccc(F)c(Cl)c3)ncnc2cc1C#CC(C)(C)N1CCN(C)CC1. The number of anilines is 3. The summed E-state index contributed by atoms with van der Waals surface area (Å²) in [5.74, 6) is 7.42. The van der Waals surface area contributed by atoms with E-state index in [4.69, 9.17) is 11.6 Å². The van der Waals surface area contributed by atoms with Crippen LogP contribution in [0.1, 0.15) is 25.8 Å². The van der Waals surface area contributed by atoms with Crippen molar-refractivity contribution < 1.29 is 9.18 Å². The number of benzene rings is 2. The predicted octanol–water partition coefficient (Wildman–Crippen LogP) is 5.24. The highest BCUT2D eigenvalue weighted by Crippen LogP contribution is 2.30. The largest absolute Gasteiger partial charge is 0.340 e. The fourth-order valence-electron chi connectivity index (χ4n) is 4.19. The monoisotopic (exact) mass is 554 g/mol. The average Bonchev–Trinajstić information content (AvgIpc) is 2.89. The number of likely N-dealkylation sites (N-methyl/N-ethyl adjacent to an activating group) is 1. The summed E-state index contributed by atoms with van der Waals surface area (Å²) in [4.78, 5) is 26.2. The van der Waals surface area contributed by atoms with Gasteiger partial charge in [-0.05, 0) is 57.5 Å². The number of nitrogens with one attached hydrogen (secondary N) is 2. The van der Waals surface area contributed by atoms with Crippen molar-refractivity contribution in [1.29, 1.82) is 0 Å². The summed E-state index contributed by atoms with van der Waals surface area (Å²) in [6.45, 7) is 8.16. The third kappa shape index (κ3) is 6.94. The van der Waals surface area contributed by atoms with E-state index in [1.54, 1.807) is 17.8 Å². The molecule has 2 aromatic carbocycles. The van der Waals surface area contributed by atoms with E-state index in [-0.39, 0.29) is 16.5 Å². The Labute approximate surface area is 232 Å². The third-order valence-electron chi connectivity index (χ3n) is 6.56. The van der Waals surface area contributed by atoms with Gasteiger partial charge in [0.15, 0.2) is 0 Å². The van der Waals surface area contributed by atoms with Gasteiger partial charge in [-0.25, -0.2) is 14.4 Å². The van der Waals surface area contributed by atoms with Crippen LogP contribution in [0.2, 0.25) is 5.02 Å². The number of rotatable bonds is 7. The lowest BCUT2D eigenvalue weighted by molar-refractivity contribution is -0.115. The summed E-state index contributed by atoms with van der Waals surface area (Å²) in [6, 6.07) is 8.09. The topological polar surface area (TPSA) is 73.4 Å². The Morgan fingerprint density at radius 1 is 1.18 bits per heavy atom. The first-order valence-electron chi connectivity index (χ1n) is 12.4. The molecule has 0 radical (unpaired) electrons. The molecular weight excluding hydrogens is 523 g/mol. The average molecular weight is 555 g/mol. The second-order valence-electron chi connectivity index (χ2n) is 9.78. The van der Waals surface area contributed by atoms with Crippen molar-refractivity contribution >= 4 is 57.4 Å². The molecule has 1 aliphatic rings. The molecule has 2 heterocycles. The van der Waals surface area contributed by atoms with Crippen molar-refractivity contribution in [2.75, 3.05) is 55.9 Å². The van der Waals surface area contributed by atoms with Gasteiger partial charge in [-0.3, -0.25) is 9.69 Å². The van der Waals surface area contributed by atoms with Gasteiger partial charge < -0.3 is 15.5 Å². The van der Waals surface area contributed by atoms with Gasteiger partial charge in [-0.1, -0.05) is 23.4 Å². The number of thioether (sulfide) groups is 1. The minimum atomic E-state index is -0.497. The van der Waals surface area contributed by atoms with Crippen molar-refractivity contribution in [2.24, 2.45) is 0 Å². The summed E-state index contributed by atoms with van der Waals surface area (Å²) in [7, 11) is 2.13. The minimum Gasteiger partial charge on any atom is -0.340 e. The molecule has 4 rings (SSSR count). The summed E-state index contributed by atoms with van der Waals surface area (Å²) >= 11 is 7.58. The molecule has 1 saturated heterocycles. The van der Waals surface area contributed by atoms with Gasteiger partial charge in [-0.15, -0.1) is 0 Å². The van der Waals surface area contributed by atoms with E-state index in [2.05, 4.69) is 63.1 Å². The molecular formula is C28H32ClFN6OS. The zero-order valence-electron chi connectivity index (χ0n) is 22.1. The van der Waals surface area contributed by atoms with Crippen molar-refractivity contribution in [3.63, 3.8) is 0 Å². The van der Waals surface area contributed by atoms with Crippen molar-refractivity contribution in [3.05, 3.63) is 53.1 Å². The molecule has 0 saturated carbocycles. The lowest BCUT2D eigenvalue weighted by Crippen LogP contribution is -2.53. The van der Waals surface area contributed by atoms with Crippen LogP contribution in [0, 0.1) is 17.7 Å². The maximum Gasteiger partial charge on any atom is 0.225 e. The Bertz CT molecular complexity index is 1380. The first-order chi connectivity index (χ1) is 18.2. The second kappa shape index (κ2) is 12.3. The molecule has 38 heavy (non-hydrogen) atoms. The van der Waals surface area contributed by atoms with Crippen molar-refractivity contribution in [3.8, 4) is 11.8 Å². The van der Waals surface area contributed by atoms with E-state index in [9.17, 15) is 9.18 Å². The van der Waals surface area contributed by atoms with Crippen LogP contribution in [0.3, 0.4) is 0 Å². The van der Waals surface area contributed by atoms with Gasteiger partial charge in [-0.2, -0.15) is 11.8 Å². The van der Waals surface area contributed by atoms with Gasteiger partial charge in [0.25, 0.3) is 0 Å². The number of hydrogen-bond acceptors (Lipinski definition) is 7. The Balaban J connectivity index is 1.72. The first-order valence-corrected chi connectivity index (χ1v) is 14.2. The fraction of sp³-hybridized carbons (Fsp3) is 0.393. The highest BCUT2D eigenvalue weighted by atomic mass is 35.5. The maximum absolute atomic E-state index is 13.6. The Morgan fingerprint density at radius 2 is 1.95 bits per heavy atom. The molecule has 0 atom stereocenters. The van der Waals surface area contributed by atoms with Crippen LogP contribution in [-0.4, -0.2) is 76.4 Å². The Kier molecular flexibility index (Phi) is 9.11. The maximum atomic E-state index is 13.6. The summed E-state index contributed by atoms with van der Waals surface area (Å²) in [5, 5.41) is 6.93. The molecule has 0 spiro atoms. The molecule has 1 fully saturated rings. The Morgan fingerprint density at radius 3 is 2.66 bits per heavy atom. The summed E-state index contributed by atoms with van der Waals surface area (Å²) < 4.78 is 13.6. The van der Waals surface area contributed by atoms with E-state index in [0.29, 0.717) is 40.1 Å². The zero-order chi connectivity index (χ0) is 27.3. The van der Waals surface area contributed by atoms with Crippen LogP contribution in [0.4, 0.5) is 21.6 Å². The van der Waals surface area contributed by atoms with E-state index < -0.39 is 5.82 Å². The van der Waals surface area contributed by atoms with Crippen LogP contribution in [0.15, 0.2) is 36.7 Å². The van der Waals surface area contributed by atoms with E-state index in [1.807, 2.05) is 18.4 Å². The van der Waals surface area contributed by atoms with E-state index >= 15 is 0 Å². The van der Waals surface area contributed by atoms with Crippen LogP contribution in [0.5, 0.6) is 0 Å². The first kappa shape index (κ1) is 28.1. The fourth-order valence-corrected chi connectivity index (χ4v) is 4.76. The molecule has 7 nitrogen and oxygen atoms in total. The van der Waals surface area contributed by atoms with E-state index in [0.717, 1.165) is 31.9 Å². The number of fused-ring (bicyclic) bond motifs is 1. The smallest absolute Gasteiger partial charge is 0.225 e. The molecule has 3 aromatic rings. The lowest BCUT2D eigenvalue weighted by atomic mass is 10.0. The number of nitrogens with zero attached hydrogens (tertiary/aromatic N) is 4. The lowest BCUT2D eigenvalue weighted by Gasteiger charge is -2.40. The Hall–Kier alpha value is -2.90. The van der Waals surface area contributed by atoms with Crippen LogP contribution in [-0.2, 0) is 4.79 Å². The minimum absolute atomic E-state index is 0.00985. The number of halogens is 2. The van der Waals surface area contributed by atoms with Crippen molar-refractivity contribution in [1.82, 2.24) is 19.8 Å². The van der Waals surface area contributed by atoms with Gasteiger partial charge in [0, 0.05) is 49.4 Å². The summed E-state index contributed by atoms with van der Waals surface area (Å²) in [6.07, 6.45) is 3.82. The predicted molar refractivity (Wildman–Crippen MR) is 156 cm³/mol. The van der Waals surface area contributed by atoms with E-state index in [1.165, 1.54) is 18.5 Å². The standard InChI is InChI=1S/C28H32ClFN6OS/c1-28(2,36-12-10-35(3)11-13-36)9-7-19-15-25-21(17-24(19)34-26(37)8-14-38-4)27(32-18-31-25)33-20-5-6-23(30)22(29)16-20/h5-6,15-18H,8,10-14H2,1-4H3,(H,34,37)(H,31,32,33). The molecule has 0 aliphatic carbocycles. The normalized spacial score (nSPS) is 14.7. The van der Waals surface area contributed by atoms with Gasteiger partial charge in [0.1, 0.15) is 18.0 Å². The number of piperazine rings is 1. The van der Waals surface area contributed by atoms with Crippen LogP contribution < -0.4 is 10.6 Å². The molecule has 0 unspecified atom stereocenters. The number of carbonyl (C=O) groups is 1. The number of amides is 1. The second-order valence-corrected chi connectivity index (χ2v) is 11.2. The molecule has 0 bridgehead atoms. The van der Waals surface area contributed by atoms with Gasteiger partial charge in [0.2, 0.25) is 5.91 Å². The number of carbonyl (C=O) groups excluding carboxylic acids is 1. The molecule has 10 heteroatoms. The quantitative estimate of drug-likeness (QED) is 0.387. The van der Waals surface area contributed by atoms with Crippen LogP contribution >= 0.6 is 23.4 Å². The number of aromatic nitrogens is 2. The van der Waals surface area contributed by atoms with Gasteiger partial charge >= 0.3 is 0 Å². The van der Waals surface area contributed by atoms with Gasteiger partial charge in [0.05, 0.1) is 27.3 Å². The third-order valence-corrected chi connectivity index (χ3v) is 7.46. The van der Waals surface area contributed by atoms with Crippen LogP contribution in [0.25, 0.3) is 10.9 Å². The molecule has 2 N–H and O–H groups in total. The zero-order valence-corrected chi connectivity index (χ0v) is 23.6. The molecule has 200 valence electrons. The number of hydrogen-bond donors (Lipinski definition) is 2. The molecule has 1 aromatic heterocycles. The summed E-state index contributed by atoms with van der Waals surface area (Å²) in [5.41, 5.74) is 2.20.